The molecule has 0 aliphatic rings. The maximum Gasteiger partial charge on any atom is 0.337 e. The van der Waals surface area contributed by atoms with Crippen molar-refractivity contribution in [3.05, 3.63) is 53.7 Å². The molecule has 0 amide bonds. The van der Waals surface area contributed by atoms with Crippen LogP contribution in [0.5, 0.6) is 5.75 Å². The fourth-order valence-corrected chi connectivity index (χ4v) is 2.42. The molecule has 2 aromatic heterocycles. The van der Waals surface area contributed by atoms with E-state index in [9.17, 15) is 4.79 Å². The third-order valence-electron chi connectivity index (χ3n) is 3.56. The molecular formula is C18H16N2O3. The second-order valence-corrected chi connectivity index (χ2v) is 5.17. The highest BCUT2D eigenvalue weighted by atomic mass is 16.5. The standard InChI is InChI=1S/C18H16N2O3/c1-11-7-14-16(22-2)9-15(20-17(14)19-10-11)12-5-4-6-13(8-12)18(21)23-3/h4-10H,1-3H3. The number of hydrogen-bond donors (Lipinski definition) is 0. The number of aryl methyl sites for hydroxylation is 1. The van der Waals surface area contributed by atoms with Crippen molar-refractivity contribution in [1.82, 2.24) is 9.97 Å². The van der Waals surface area contributed by atoms with Crippen molar-refractivity contribution in [2.45, 2.75) is 6.92 Å². The van der Waals surface area contributed by atoms with E-state index in [2.05, 4.69) is 9.97 Å². The summed E-state index contributed by atoms with van der Waals surface area (Å²) in [6.07, 6.45) is 1.77. The Kier molecular flexibility index (Phi) is 3.93. The van der Waals surface area contributed by atoms with E-state index in [0.717, 1.165) is 16.5 Å². The van der Waals surface area contributed by atoms with Crippen LogP contribution in [0.1, 0.15) is 15.9 Å². The van der Waals surface area contributed by atoms with Gasteiger partial charge in [-0.05, 0) is 30.7 Å². The van der Waals surface area contributed by atoms with Crippen LogP contribution in [-0.4, -0.2) is 30.2 Å². The molecule has 0 spiro atoms. The molecule has 0 saturated carbocycles. The summed E-state index contributed by atoms with van der Waals surface area (Å²) in [6, 6.07) is 11.0. The lowest BCUT2D eigenvalue weighted by Gasteiger charge is -2.09. The van der Waals surface area contributed by atoms with Crippen LogP contribution in [0.25, 0.3) is 22.3 Å². The minimum absolute atomic E-state index is 0.381. The van der Waals surface area contributed by atoms with E-state index in [1.165, 1.54) is 7.11 Å². The number of hydrogen-bond acceptors (Lipinski definition) is 5. The summed E-state index contributed by atoms with van der Waals surface area (Å²) < 4.78 is 10.2. The van der Waals surface area contributed by atoms with Gasteiger partial charge in [0.2, 0.25) is 0 Å². The van der Waals surface area contributed by atoms with Crippen molar-refractivity contribution < 1.29 is 14.3 Å². The highest BCUT2D eigenvalue weighted by molar-refractivity contribution is 5.91. The molecule has 0 atom stereocenters. The van der Waals surface area contributed by atoms with Gasteiger partial charge in [0.25, 0.3) is 0 Å². The number of aromatic nitrogens is 2. The Morgan fingerprint density at radius 1 is 1.13 bits per heavy atom. The summed E-state index contributed by atoms with van der Waals surface area (Å²) in [4.78, 5) is 20.6. The molecule has 0 N–H and O–H groups in total. The highest BCUT2D eigenvalue weighted by Crippen LogP contribution is 2.29. The lowest BCUT2D eigenvalue weighted by Crippen LogP contribution is -2.01. The van der Waals surface area contributed by atoms with E-state index in [1.54, 1.807) is 31.5 Å². The molecule has 2 heterocycles. The van der Waals surface area contributed by atoms with E-state index < -0.39 is 0 Å². The van der Waals surface area contributed by atoms with Gasteiger partial charge in [0.05, 0.1) is 30.9 Å². The number of methoxy groups -OCH3 is 2. The molecule has 23 heavy (non-hydrogen) atoms. The number of benzene rings is 1. The molecule has 0 aliphatic heterocycles. The maximum absolute atomic E-state index is 11.7. The summed E-state index contributed by atoms with van der Waals surface area (Å²) in [5.41, 5.74) is 3.61. The summed E-state index contributed by atoms with van der Waals surface area (Å²) >= 11 is 0. The number of carbonyl (C=O) groups excluding carboxylic acids is 1. The SMILES string of the molecule is COC(=O)c1cccc(-c2cc(OC)c3cc(C)cnc3n2)c1. The Labute approximate surface area is 133 Å². The number of ether oxygens (including phenoxy) is 2. The van der Waals surface area contributed by atoms with Gasteiger partial charge in [-0.3, -0.25) is 0 Å². The molecular weight excluding hydrogens is 292 g/mol. The molecule has 3 rings (SSSR count). The van der Waals surface area contributed by atoms with Gasteiger partial charge in [-0.25, -0.2) is 14.8 Å². The third-order valence-corrected chi connectivity index (χ3v) is 3.56. The van der Waals surface area contributed by atoms with E-state index in [-0.39, 0.29) is 5.97 Å². The first-order chi connectivity index (χ1) is 11.1. The first-order valence-corrected chi connectivity index (χ1v) is 7.12. The van der Waals surface area contributed by atoms with Gasteiger partial charge in [0, 0.05) is 17.8 Å². The molecule has 0 bridgehead atoms. The third kappa shape index (κ3) is 2.85. The lowest BCUT2D eigenvalue weighted by molar-refractivity contribution is 0.0601. The average molecular weight is 308 g/mol. The van der Waals surface area contributed by atoms with Crippen molar-refractivity contribution in [1.29, 1.82) is 0 Å². The van der Waals surface area contributed by atoms with Gasteiger partial charge in [-0.2, -0.15) is 0 Å². The van der Waals surface area contributed by atoms with E-state index >= 15 is 0 Å². The second kappa shape index (κ2) is 6.04. The Morgan fingerprint density at radius 3 is 2.70 bits per heavy atom. The van der Waals surface area contributed by atoms with Gasteiger partial charge in [-0.15, -0.1) is 0 Å². The van der Waals surface area contributed by atoms with Crippen LogP contribution in [0.3, 0.4) is 0 Å². The van der Waals surface area contributed by atoms with Crippen molar-refractivity contribution in [3.63, 3.8) is 0 Å². The van der Waals surface area contributed by atoms with Crippen LogP contribution in [-0.2, 0) is 4.74 Å². The van der Waals surface area contributed by atoms with Gasteiger partial charge in [0.15, 0.2) is 5.65 Å². The Morgan fingerprint density at radius 2 is 1.96 bits per heavy atom. The van der Waals surface area contributed by atoms with Crippen LogP contribution in [0.4, 0.5) is 0 Å². The number of carbonyl (C=O) groups is 1. The Bertz CT molecular complexity index is 891. The average Bonchev–Trinajstić information content (AvgIpc) is 2.60. The molecule has 0 fully saturated rings. The van der Waals surface area contributed by atoms with Gasteiger partial charge in [0.1, 0.15) is 5.75 Å². The van der Waals surface area contributed by atoms with Crippen LogP contribution >= 0.6 is 0 Å². The summed E-state index contributed by atoms with van der Waals surface area (Å²) in [5, 5.41) is 0.861. The monoisotopic (exact) mass is 308 g/mol. The molecule has 0 unspecified atom stereocenters. The molecule has 5 heteroatoms. The van der Waals surface area contributed by atoms with E-state index in [1.807, 2.05) is 25.1 Å². The molecule has 5 nitrogen and oxygen atoms in total. The molecule has 0 radical (unpaired) electrons. The molecule has 1 aromatic carbocycles. The predicted molar refractivity (Wildman–Crippen MR) is 87.6 cm³/mol. The predicted octanol–water partition coefficient (Wildman–Crippen LogP) is 3.40. The largest absolute Gasteiger partial charge is 0.496 e. The zero-order chi connectivity index (χ0) is 16.4. The van der Waals surface area contributed by atoms with Gasteiger partial charge >= 0.3 is 5.97 Å². The van der Waals surface area contributed by atoms with Gasteiger partial charge in [-0.1, -0.05) is 12.1 Å². The molecule has 116 valence electrons. The quantitative estimate of drug-likeness (QED) is 0.694. The van der Waals surface area contributed by atoms with Gasteiger partial charge < -0.3 is 9.47 Å². The topological polar surface area (TPSA) is 61.3 Å². The fraction of sp³-hybridized carbons (Fsp3) is 0.167. The Hall–Kier alpha value is -2.95. The van der Waals surface area contributed by atoms with Crippen molar-refractivity contribution in [3.8, 4) is 17.0 Å². The van der Waals surface area contributed by atoms with Crippen LogP contribution in [0, 0.1) is 6.92 Å². The molecule has 0 aliphatic carbocycles. The number of rotatable bonds is 3. The highest BCUT2D eigenvalue weighted by Gasteiger charge is 2.12. The van der Waals surface area contributed by atoms with Crippen LogP contribution in [0.2, 0.25) is 0 Å². The summed E-state index contributed by atoms with van der Waals surface area (Å²) in [7, 11) is 2.98. The maximum atomic E-state index is 11.7. The minimum Gasteiger partial charge on any atom is -0.496 e. The number of esters is 1. The molecule has 0 saturated heterocycles. The smallest absolute Gasteiger partial charge is 0.337 e. The van der Waals surface area contributed by atoms with Crippen molar-refractivity contribution >= 4 is 17.0 Å². The normalized spacial score (nSPS) is 10.6. The van der Waals surface area contributed by atoms with E-state index in [4.69, 9.17) is 9.47 Å². The van der Waals surface area contributed by atoms with Crippen LogP contribution < -0.4 is 4.74 Å². The zero-order valence-corrected chi connectivity index (χ0v) is 13.2. The summed E-state index contributed by atoms with van der Waals surface area (Å²) in [5.74, 6) is 0.318. The number of pyridine rings is 2. The lowest BCUT2D eigenvalue weighted by atomic mass is 10.1. The minimum atomic E-state index is -0.381. The second-order valence-electron chi connectivity index (χ2n) is 5.17. The molecule has 3 aromatic rings. The van der Waals surface area contributed by atoms with Crippen LogP contribution in [0.15, 0.2) is 42.6 Å². The van der Waals surface area contributed by atoms with Crippen molar-refractivity contribution in [2.24, 2.45) is 0 Å². The number of fused-ring (bicyclic) bond motifs is 1. The number of nitrogens with zero attached hydrogens (tertiary/aromatic N) is 2. The summed E-state index contributed by atoms with van der Waals surface area (Å²) in [6.45, 7) is 1.97. The first-order valence-electron chi connectivity index (χ1n) is 7.12. The first kappa shape index (κ1) is 15.0. The Balaban J connectivity index is 2.17. The zero-order valence-electron chi connectivity index (χ0n) is 13.2. The van der Waals surface area contributed by atoms with E-state index in [0.29, 0.717) is 22.7 Å². The van der Waals surface area contributed by atoms with Crippen molar-refractivity contribution in [2.75, 3.05) is 14.2 Å². The fourth-order valence-electron chi connectivity index (χ4n) is 2.42.